The Hall–Kier alpha value is -2.08. The molecule has 2 aliphatic rings. The molecule has 0 aromatic heterocycles. The molecule has 0 N–H and O–H groups in total. The highest BCUT2D eigenvalue weighted by molar-refractivity contribution is 5.41. The Morgan fingerprint density at radius 2 is 1.24 bits per heavy atom. The molecule has 2 fully saturated rings. The van der Waals surface area contributed by atoms with Gasteiger partial charge < -0.3 is 23.7 Å². The lowest BCUT2D eigenvalue weighted by molar-refractivity contribution is 0.104. The number of hydrogen-bond donors (Lipinski definition) is 0. The Labute approximate surface area is 198 Å². The van der Waals surface area contributed by atoms with Crippen molar-refractivity contribution in [1.82, 2.24) is 0 Å². The van der Waals surface area contributed by atoms with Gasteiger partial charge in [-0.05, 0) is 54.7 Å². The molecule has 2 aromatic carbocycles. The van der Waals surface area contributed by atoms with Crippen molar-refractivity contribution in [2.45, 2.75) is 63.6 Å². The fourth-order valence-corrected chi connectivity index (χ4v) is 3.91. The van der Waals surface area contributed by atoms with E-state index in [-0.39, 0.29) is 5.41 Å². The molecule has 0 saturated carbocycles. The van der Waals surface area contributed by atoms with E-state index in [1.54, 1.807) is 0 Å². The van der Waals surface area contributed by atoms with Gasteiger partial charge in [-0.2, -0.15) is 0 Å². The van der Waals surface area contributed by atoms with Crippen molar-refractivity contribution in [2.24, 2.45) is 0 Å². The molecule has 2 saturated heterocycles. The second-order valence-electron chi connectivity index (χ2n) is 9.56. The van der Waals surface area contributed by atoms with E-state index in [0.29, 0.717) is 32.0 Å². The van der Waals surface area contributed by atoms with Crippen LogP contribution in [-0.2, 0) is 19.6 Å². The van der Waals surface area contributed by atoms with Gasteiger partial charge in [0.25, 0.3) is 0 Å². The van der Waals surface area contributed by atoms with Crippen molar-refractivity contribution in [3.8, 4) is 11.5 Å². The zero-order chi connectivity index (χ0) is 22.9. The molecule has 2 aliphatic heterocycles. The summed E-state index contributed by atoms with van der Waals surface area (Å²) >= 11 is 0. The third kappa shape index (κ3) is 8.02. The summed E-state index contributed by atoms with van der Waals surface area (Å²) in [4.78, 5) is 0. The van der Waals surface area contributed by atoms with Crippen molar-refractivity contribution >= 4 is 0 Å². The summed E-state index contributed by atoms with van der Waals surface area (Å²) in [5, 5.41) is 0. The molecule has 2 heterocycles. The highest BCUT2D eigenvalue weighted by Crippen LogP contribution is 2.33. The van der Waals surface area contributed by atoms with Gasteiger partial charge in [0.2, 0.25) is 0 Å². The van der Waals surface area contributed by atoms with E-state index in [4.69, 9.17) is 23.7 Å². The molecule has 0 amide bonds. The molecule has 0 bridgehead atoms. The molecule has 0 aliphatic carbocycles. The molecule has 5 nitrogen and oxygen atoms in total. The molecular formula is C28H38O5. The smallest absolute Gasteiger partial charge is 0.119 e. The van der Waals surface area contributed by atoms with Gasteiger partial charge in [0.05, 0.1) is 39.1 Å². The van der Waals surface area contributed by atoms with Crippen LogP contribution in [0.15, 0.2) is 48.5 Å². The van der Waals surface area contributed by atoms with Gasteiger partial charge in [-0.25, -0.2) is 0 Å². The van der Waals surface area contributed by atoms with Gasteiger partial charge in [0.1, 0.15) is 17.6 Å². The summed E-state index contributed by atoms with van der Waals surface area (Å²) in [6, 6.07) is 17.0. The average Bonchev–Trinajstić information content (AvgIpc) is 3.75. The largest absolute Gasteiger partial charge is 0.494 e. The van der Waals surface area contributed by atoms with Crippen LogP contribution in [0.1, 0.15) is 57.1 Å². The zero-order valence-electron chi connectivity index (χ0n) is 20.1. The Morgan fingerprint density at radius 3 is 1.79 bits per heavy atom. The van der Waals surface area contributed by atoms with Gasteiger partial charge in [-0.3, -0.25) is 0 Å². The minimum Gasteiger partial charge on any atom is -0.494 e. The number of epoxide rings is 2. The van der Waals surface area contributed by atoms with Crippen molar-refractivity contribution in [3.05, 3.63) is 59.7 Å². The first kappa shape index (κ1) is 24.1. The average molecular weight is 455 g/mol. The molecule has 2 aromatic rings. The lowest BCUT2D eigenvalue weighted by atomic mass is 9.78. The van der Waals surface area contributed by atoms with Crippen LogP contribution in [0.3, 0.4) is 0 Å². The Balaban J connectivity index is 1.17. The number of unbranched alkanes of at least 4 members (excludes halogenated alkanes) is 2. The van der Waals surface area contributed by atoms with Crippen molar-refractivity contribution in [1.29, 1.82) is 0 Å². The molecular weight excluding hydrogens is 416 g/mol. The molecule has 33 heavy (non-hydrogen) atoms. The molecule has 2 atom stereocenters. The van der Waals surface area contributed by atoms with Crippen LogP contribution < -0.4 is 9.47 Å². The summed E-state index contributed by atoms with van der Waals surface area (Å²) in [6.07, 6.45) is 6.48. The second-order valence-corrected chi connectivity index (χ2v) is 9.56. The maximum atomic E-state index is 5.93. The van der Waals surface area contributed by atoms with Gasteiger partial charge in [0.15, 0.2) is 0 Å². The van der Waals surface area contributed by atoms with Gasteiger partial charge >= 0.3 is 0 Å². The zero-order valence-corrected chi connectivity index (χ0v) is 20.1. The SMILES string of the molecule is CC(C)(c1ccc(OCCCCCC2CO2)cc1)c1ccc(OCCCOCC2CO2)cc1. The highest BCUT2D eigenvalue weighted by atomic mass is 16.6. The maximum absolute atomic E-state index is 5.93. The van der Waals surface area contributed by atoms with E-state index < -0.39 is 0 Å². The third-order valence-electron chi connectivity index (χ3n) is 6.40. The lowest BCUT2D eigenvalue weighted by Gasteiger charge is -2.26. The van der Waals surface area contributed by atoms with E-state index in [9.17, 15) is 0 Å². The van der Waals surface area contributed by atoms with Crippen LogP contribution in [-0.4, -0.2) is 51.8 Å². The monoisotopic (exact) mass is 454 g/mol. The number of hydrogen-bond acceptors (Lipinski definition) is 5. The van der Waals surface area contributed by atoms with Crippen LogP contribution in [0.25, 0.3) is 0 Å². The quantitative estimate of drug-likeness (QED) is 0.246. The number of rotatable bonds is 16. The first-order valence-corrected chi connectivity index (χ1v) is 12.4. The van der Waals surface area contributed by atoms with Crippen LogP contribution in [0.4, 0.5) is 0 Å². The standard InChI is InChI=1S/C28H38O5/c1-28(2,22-8-12-24(13-9-22)30-17-5-3-4-7-26-20-32-26)23-10-14-25(15-11-23)31-18-6-16-29-19-27-21-33-27/h8-15,26-27H,3-7,16-21H2,1-2H3. The first-order chi connectivity index (χ1) is 16.1. The van der Waals surface area contributed by atoms with Crippen molar-refractivity contribution in [2.75, 3.05) is 39.6 Å². The predicted molar refractivity (Wildman–Crippen MR) is 129 cm³/mol. The molecule has 5 heteroatoms. The topological polar surface area (TPSA) is 52.8 Å². The lowest BCUT2D eigenvalue weighted by Crippen LogP contribution is -2.18. The van der Waals surface area contributed by atoms with E-state index >= 15 is 0 Å². The maximum Gasteiger partial charge on any atom is 0.119 e. The molecule has 180 valence electrons. The normalized spacial score (nSPS) is 19.3. The van der Waals surface area contributed by atoms with Crippen molar-refractivity contribution in [3.63, 3.8) is 0 Å². The summed E-state index contributed by atoms with van der Waals surface area (Å²) in [5.41, 5.74) is 2.43. The third-order valence-corrected chi connectivity index (χ3v) is 6.40. The Bertz CT molecular complexity index is 753. The molecule has 4 rings (SSSR count). The van der Waals surface area contributed by atoms with Gasteiger partial charge in [0, 0.05) is 18.4 Å². The van der Waals surface area contributed by atoms with Gasteiger partial charge in [-0.1, -0.05) is 44.5 Å². The molecule has 0 radical (unpaired) electrons. The summed E-state index contributed by atoms with van der Waals surface area (Å²) in [5.74, 6) is 1.84. The second kappa shape index (κ2) is 11.9. The summed E-state index contributed by atoms with van der Waals surface area (Å²) in [7, 11) is 0. The summed E-state index contributed by atoms with van der Waals surface area (Å²) < 4.78 is 27.7. The van der Waals surface area contributed by atoms with E-state index in [1.807, 2.05) is 0 Å². The Kier molecular flexibility index (Phi) is 8.65. The van der Waals surface area contributed by atoms with Crippen LogP contribution in [0, 0.1) is 0 Å². The van der Waals surface area contributed by atoms with Crippen LogP contribution in [0.2, 0.25) is 0 Å². The predicted octanol–water partition coefficient (Wildman–Crippen LogP) is 5.53. The highest BCUT2D eigenvalue weighted by Gasteiger charge is 2.24. The van der Waals surface area contributed by atoms with E-state index in [1.165, 1.54) is 30.4 Å². The minimum absolute atomic E-state index is 0.0966. The Morgan fingerprint density at radius 1 is 0.697 bits per heavy atom. The van der Waals surface area contributed by atoms with Crippen molar-refractivity contribution < 1.29 is 23.7 Å². The minimum atomic E-state index is -0.0966. The van der Waals surface area contributed by atoms with E-state index in [2.05, 4.69) is 62.4 Å². The van der Waals surface area contributed by atoms with E-state index in [0.717, 1.165) is 44.2 Å². The van der Waals surface area contributed by atoms with Gasteiger partial charge in [-0.15, -0.1) is 0 Å². The fourth-order valence-electron chi connectivity index (χ4n) is 3.91. The van der Waals surface area contributed by atoms with Crippen LogP contribution >= 0.6 is 0 Å². The molecule has 0 spiro atoms. The summed E-state index contributed by atoms with van der Waals surface area (Å²) in [6.45, 7) is 9.15. The van der Waals surface area contributed by atoms with Crippen LogP contribution in [0.5, 0.6) is 11.5 Å². The number of benzene rings is 2. The fraction of sp³-hybridized carbons (Fsp3) is 0.571. The molecule has 2 unspecified atom stereocenters. The first-order valence-electron chi connectivity index (χ1n) is 12.4. The number of ether oxygens (including phenoxy) is 5.